The topological polar surface area (TPSA) is 26.3 Å². The van der Waals surface area contributed by atoms with Gasteiger partial charge in [-0.05, 0) is 49.1 Å². The monoisotopic (exact) mass is 474 g/mol. The molecule has 1 aliphatic carbocycles. The molecule has 0 atom stereocenters. The van der Waals surface area contributed by atoms with Crippen LogP contribution in [0.5, 0.6) is 5.75 Å². The summed E-state index contributed by atoms with van der Waals surface area (Å²) < 4.78 is 45.4. The standard InChI is InChI=1S/C29H37F3O2/c1-2-3-4-5-6-7-8-9-12-21-15-17-22(18-16-21)24-13-10-11-14-25(24)29(33)34-23-19-26(30)28(32)27(31)20-23/h10-11,13-14,19-22H,2-9,12,15-18H2,1H3. The Balaban J connectivity index is 1.48. The number of ether oxygens (including phenoxy) is 1. The van der Waals surface area contributed by atoms with E-state index in [0.29, 0.717) is 17.7 Å². The van der Waals surface area contributed by atoms with Gasteiger partial charge in [-0.2, -0.15) is 0 Å². The van der Waals surface area contributed by atoms with Gasteiger partial charge in [-0.15, -0.1) is 0 Å². The third-order valence-electron chi connectivity index (χ3n) is 7.10. The lowest BCUT2D eigenvalue weighted by molar-refractivity contribution is 0.0731. The van der Waals surface area contributed by atoms with Crippen molar-refractivity contribution < 1.29 is 22.7 Å². The molecule has 3 rings (SSSR count). The van der Waals surface area contributed by atoms with Crippen molar-refractivity contribution in [2.24, 2.45) is 5.92 Å². The van der Waals surface area contributed by atoms with Gasteiger partial charge in [0, 0.05) is 12.1 Å². The summed E-state index contributed by atoms with van der Waals surface area (Å²) in [4.78, 5) is 12.8. The minimum absolute atomic E-state index is 0.264. The zero-order valence-corrected chi connectivity index (χ0v) is 20.3. The quantitative estimate of drug-likeness (QED) is 0.133. The van der Waals surface area contributed by atoms with Crippen LogP contribution >= 0.6 is 0 Å². The SMILES string of the molecule is CCCCCCCCCCC1CCC(c2ccccc2C(=O)Oc2cc(F)c(F)c(F)c2)CC1. The Kier molecular flexibility index (Phi) is 10.5. The van der Waals surface area contributed by atoms with Gasteiger partial charge in [0.1, 0.15) is 5.75 Å². The summed E-state index contributed by atoms with van der Waals surface area (Å²) in [5.41, 5.74) is 1.32. The maximum Gasteiger partial charge on any atom is 0.343 e. The molecule has 0 amide bonds. The number of esters is 1. The number of rotatable bonds is 12. The maximum atomic E-state index is 13.5. The summed E-state index contributed by atoms with van der Waals surface area (Å²) in [6.45, 7) is 2.25. The molecule has 0 spiro atoms. The molecule has 0 unspecified atom stereocenters. The van der Waals surface area contributed by atoms with Crippen molar-refractivity contribution in [3.63, 3.8) is 0 Å². The molecule has 186 valence electrons. The third kappa shape index (κ3) is 7.61. The fraction of sp³-hybridized carbons (Fsp3) is 0.552. The Bertz CT molecular complexity index is 896. The Morgan fingerprint density at radius 2 is 1.44 bits per heavy atom. The highest BCUT2D eigenvalue weighted by Gasteiger charge is 2.26. The molecule has 0 saturated heterocycles. The van der Waals surface area contributed by atoms with E-state index < -0.39 is 23.4 Å². The minimum Gasteiger partial charge on any atom is -0.423 e. The Morgan fingerprint density at radius 3 is 2.09 bits per heavy atom. The zero-order valence-electron chi connectivity index (χ0n) is 20.3. The van der Waals surface area contributed by atoms with Gasteiger partial charge >= 0.3 is 5.97 Å². The highest BCUT2D eigenvalue weighted by Crippen LogP contribution is 2.39. The first-order valence-electron chi connectivity index (χ1n) is 12.9. The van der Waals surface area contributed by atoms with Gasteiger partial charge < -0.3 is 4.74 Å². The highest BCUT2D eigenvalue weighted by molar-refractivity contribution is 5.92. The van der Waals surface area contributed by atoms with E-state index in [0.717, 1.165) is 37.2 Å². The fourth-order valence-corrected chi connectivity index (χ4v) is 5.12. The van der Waals surface area contributed by atoms with Crippen LogP contribution in [-0.4, -0.2) is 5.97 Å². The molecule has 1 fully saturated rings. The van der Waals surface area contributed by atoms with Crippen LogP contribution in [0.4, 0.5) is 13.2 Å². The van der Waals surface area contributed by atoms with Crippen molar-refractivity contribution in [2.45, 2.75) is 96.3 Å². The van der Waals surface area contributed by atoms with Crippen molar-refractivity contribution in [2.75, 3.05) is 0 Å². The minimum atomic E-state index is -1.58. The van der Waals surface area contributed by atoms with E-state index in [9.17, 15) is 18.0 Å². The van der Waals surface area contributed by atoms with Gasteiger partial charge in [0.15, 0.2) is 17.5 Å². The van der Waals surface area contributed by atoms with E-state index in [1.807, 2.05) is 12.1 Å². The number of carbonyl (C=O) groups is 1. The lowest BCUT2D eigenvalue weighted by Gasteiger charge is -2.29. The van der Waals surface area contributed by atoms with Crippen LogP contribution in [-0.2, 0) is 0 Å². The van der Waals surface area contributed by atoms with Crippen LogP contribution in [0.1, 0.15) is 112 Å². The predicted molar refractivity (Wildman–Crippen MR) is 130 cm³/mol. The summed E-state index contributed by atoms with van der Waals surface area (Å²) in [6, 6.07) is 8.65. The Morgan fingerprint density at radius 1 is 0.853 bits per heavy atom. The third-order valence-corrected chi connectivity index (χ3v) is 7.10. The molecule has 5 heteroatoms. The molecule has 2 nitrogen and oxygen atoms in total. The average Bonchev–Trinajstić information content (AvgIpc) is 2.84. The van der Waals surface area contributed by atoms with Gasteiger partial charge in [-0.1, -0.05) is 82.9 Å². The first-order chi connectivity index (χ1) is 16.5. The van der Waals surface area contributed by atoms with Crippen LogP contribution in [0.15, 0.2) is 36.4 Å². The number of benzene rings is 2. The van der Waals surface area contributed by atoms with Crippen LogP contribution in [0.2, 0.25) is 0 Å². The van der Waals surface area contributed by atoms with Crippen LogP contribution in [0.3, 0.4) is 0 Å². The van der Waals surface area contributed by atoms with Crippen molar-refractivity contribution in [3.8, 4) is 5.75 Å². The van der Waals surface area contributed by atoms with Gasteiger partial charge in [-0.25, -0.2) is 18.0 Å². The van der Waals surface area contributed by atoms with Crippen molar-refractivity contribution >= 4 is 5.97 Å². The molecule has 34 heavy (non-hydrogen) atoms. The van der Waals surface area contributed by atoms with Crippen molar-refractivity contribution in [1.29, 1.82) is 0 Å². The van der Waals surface area contributed by atoms with Crippen LogP contribution < -0.4 is 4.74 Å². The maximum absolute atomic E-state index is 13.5. The van der Waals surface area contributed by atoms with E-state index >= 15 is 0 Å². The van der Waals surface area contributed by atoms with Gasteiger partial charge in [0.05, 0.1) is 5.56 Å². The second-order valence-electron chi connectivity index (χ2n) is 9.66. The predicted octanol–water partition coefficient (Wildman–Crippen LogP) is 9.13. The molecule has 2 aromatic rings. The Labute approximate surface area is 201 Å². The molecular formula is C29H37F3O2. The van der Waals surface area contributed by atoms with Crippen LogP contribution in [0, 0.1) is 23.4 Å². The van der Waals surface area contributed by atoms with Gasteiger partial charge in [0.2, 0.25) is 0 Å². The van der Waals surface area contributed by atoms with E-state index in [-0.39, 0.29) is 11.7 Å². The molecule has 0 aliphatic heterocycles. The normalized spacial score (nSPS) is 18.1. The number of carbonyl (C=O) groups excluding carboxylic acids is 1. The van der Waals surface area contributed by atoms with Gasteiger partial charge in [-0.3, -0.25) is 0 Å². The summed E-state index contributed by atoms with van der Waals surface area (Å²) in [5, 5.41) is 0. The first kappa shape index (κ1) is 26.3. The molecule has 0 heterocycles. The zero-order chi connectivity index (χ0) is 24.3. The lowest BCUT2D eigenvalue weighted by atomic mass is 9.76. The number of halogens is 3. The summed E-state index contributed by atoms with van der Waals surface area (Å²) in [6.07, 6.45) is 16.3. The van der Waals surface area contributed by atoms with E-state index in [4.69, 9.17) is 4.74 Å². The largest absolute Gasteiger partial charge is 0.423 e. The Hall–Kier alpha value is -2.30. The molecule has 0 radical (unpaired) electrons. The second-order valence-corrected chi connectivity index (χ2v) is 9.66. The number of hydrogen-bond acceptors (Lipinski definition) is 2. The molecule has 0 bridgehead atoms. The number of unbranched alkanes of at least 4 members (excludes halogenated alkanes) is 7. The van der Waals surface area contributed by atoms with Crippen molar-refractivity contribution in [1.82, 2.24) is 0 Å². The summed E-state index contributed by atoms with van der Waals surface area (Å²) >= 11 is 0. The smallest absolute Gasteiger partial charge is 0.343 e. The van der Waals surface area contributed by atoms with Gasteiger partial charge in [0.25, 0.3) is 0 Å². The molecule has 1 aliphatic rings. The highest BCUT2D eigenvalue weighted by atomic mass is 19.2. The van der Waals surface area contributed by atoms with E-state index in [2.05, 4.69) is 6.92 Å². The van der Waals surface area contributed by atoms with E-state index in [1.165, 1.54) is 57.8 Å². The summed E-state index contributed by atoms with van der Waals surface area (Å²) in [5.74, 6) is -4.35. The van der Waals surface area contributed by atoms with Crippen LogP contribution in [0.25, 0.3) is 0 Å². The van der Waals surface area contributed by atoms with Crippen molar-refractivity contribution in [3.05, 3.63) is 65.0 Å². The number of hydrogen-bond donors (Lipinski definition) is 0. The average molecular weight is 475 g/mol. The second kappa shape index (κ2) is 13.6. The molecule has 0 aromatic heterocycles. The molecular weight excluding hydrogens is 437 g/mol. The molecule has 2 aromatic carbocycles. The lowest BCUT2D eigenvalue weighted by Crippen LogP contribution is -2.18. The van der Waals surface area contributed by atoms with E-state index in [1.54, 1.807) is 12.1 Å². The summed E-state index contributed by atoms with van der Waals surface area (Å²) in [7, 11) is 0. The first-order valence-corrected chi connectivity index (χ1v) is 12.9. The fourth-order valence-electron chi connectivity index (χ4n) is 5.12. The molecule has 0 N–H and O–H groups in total. The molecule has 1 saturated carbocycles.